The number of carbonyl (C=O) groups is 1. The minimum Gasteiger partial charge on any atom is -0.493 e. The van der Waals surface area contributed by atoms with Crippen molar-refractivity contribution in [1.82, 2.24) is 4.57 Å². The minimum absolute atomic E-state index is 0.237. The van der Waals surface area contributed by atoms with Gasteiger partial charge in [0.1, 0.15) is 19.0 Å². The van der Waals surface area contributed by atoms with Crippen LogP contribution in [0.2, 0.25) is 0 Å². The zero-order valence-electron chi connectivity index (χ0n) is 24.8. The highest BCUT2D eigenvalue weighted by Crippen LogP contribution is 2.31. The molecule has 0 aliphatic carbocycles. The van der Waals surface area contributed by atoms with Gasteiger partial charge in [-0.3, -0.25) is 14.2 Å². The summed E-state index contributed by atoms with van der Waals surface area (Å²) >= 11 is 1.28. The SMILES string of the molecule is COc1ccccc1OCCOc1ccccc1/C=c1\sc2n(c1=O)C(c1ccccc1)C(C(=O)Nc1ccccc1)=C(C)N=2. The van der Waals surface area contributed by atoms with Crippen LogP contribution < -0.4 is 34.4 Å². The Bertz CT molecular complexity index is 2030. The van der Waals surface area contributed by atoms with E-state index in [1.807, 2.05) is 122 Å². The molecule has 1 atom stereocenters. The van der Waals surface area contributed by atoms with Crippen LogP contribution in [-0.2, 0) is 4.79 Å². The molecule has 0 radical (unpaired) electrons. The molecule has 1 amide bonds. The van der Waals surface area contributed by atoms with E-state index in [4.69, 9.17) is 19.2 Å². The van der Waals surface area contributed by atoms with Crippen molar-refractivity contribution in [2.24, 2.45) is 4.99 Å². The summed E-state index contributed by atoms with van der Waals surface area (Å²) in [4.78, 5) is 33.0. The maximum absolute atomic E-state index is 14.1. The Kier molecular flexibility index (Phi) is 8.89. The summed E-state index contributed by atoms with van der Waals surface area (Å²) in [5.74, 6) is 1.60. The van der Waals surface area contributed by atoms with E-state index in [-0.39, 0.29) is 18.1 Å². The largest absolute Gasteiger partial charge is 0.493 e. The Morgan fingerprint density at radius 3 is 2.16 bits per heavy atom. The number of aromatic nitrogens is 1. The van der Waals surface area contributed by atoms with E-state index in [0.717, 1.165) is 11.1 Å². The van der Waals surface area contributed by atoms with Crippen LogP contribution in [0.5, 0.6) is 17.2 Å². The van der Waals surface area contributed by atoms with Crippen molar-refractivity contribution in [1.29, 1.82) is 0 Å². The second-order valence-electron chi connectivity index (χ2n) is 10.2. The second kappa shape index (κ2) is 13.5. The maximum Gasteiger partial charge on any atom is 0.271 e. The molecule has 0 fully saturated rings. The number of fused-ring (bicyclic) bond motifs is 1. The van der Waals surface area contributed by atoms with E-state index >= 15 is 0 Å². The monoisotopic (exact) mass is 617 g/mol. The molecule has 0 bridgehead atoms. The molecule has 0 saturated carbocycles. The highest BCUT2D eigenvalue weighted by atomic mass is 32.1. The molecular formula is C36H31N3O5S. The van der Waals surface area contributed by atoms with Crippen LogP contribution in [0.4, 0.5) is 5.69 Å². The second-order valence-corrected chi connectivity index (χ2v) is 11.2. The first-order valence-electron chi connectivity index (χ1n) is 14.4. The number of nitrogens with zero attached hydrogens (tertiary/aromatic N) is 2. The van der Waals surface area contributed by atoms with Gasteiger partial charge in [-0.15, -0.1) is 0 Å². The van der Waals surface area contributed by atoms with Gasteiger partial charge in [-0.1, -0.05) is 90.2 Å². The van der Waals surface area contributed by atoms with Crippen LogP contribution in [0.15, 0.2) is 130 Å². The van der Waals surface area contributed by atoms with E-state index in [1.165, 1.54) is 11.3 Å². The van der Waals surface area contributed by atoms with Gasteiger partial charge in [0.05, 0.1) is 29.0 Å². The first-order chi connectivity index (χ1) is 22.0. The lowest BCUT2D eigenvalue weighted by atomic mass is 9.95. The molecule has 1 unspecified atom stereocenters. The zero-order valence-corrected chi connectivity index (χ0v) is 25.6. The summed E-state index contributed by atoms with van der Waals surface area (Å²) in [5, 5.41) is 2.98. The quantitative estimate of drug-likeness (QED) is 0.214. The molecular weight excluding hydrogens is 586 g/mol. The molecule has 226 valence electrons. The molecule has 4 aromatic carbocycles. The van der Waals surface area contributed by atoms with Gasteiger partial charge in [0, 0.05) is 11.3 Å². The predicted molar refractivity (Wildman–Crippen MR) is 176 cm³/mol. The van der Waals surface area contributed by atoms with Crippen LogP contribution in [0, 0.1) is 0 Å². The molecule has 0 saturated heterocycles. The highest BCUT2D eigenvalue weighted by molar-refractivity contribution is 7.07. The molecule has 1 aliphatic rings. The normalized spacial score (nSPS) is 14.4. The number of ether oxygens (including phenoxy) is 3. The average molecular weight is 618 g/mol. The summed E-state index contributed by atoms with van der Waals surface area (Å²) in [6.07, 6.45) is 1.81. The van der Waals surface area contributed by atoms with Crippen molar-refractivity contribution >= 4 is 29.0 Å². The first kappa shape index (κ1) is 29.7. The smallest absolute Gasteiger partial charge is 0.271 e. The van der Waals surface area contributed by atoms with Crippen molar-refractivity contribution in [3.05, 3.63) is 151 Å². The number of hydrogen-bond acceptors (Lipinski definition) is 7. The standard InChI is InChI=1S/C36H31N3O5S/c1-24-32(34(40)38-27-16-7-4-8-17-27)33(25-13-5-3-6-14-25)39-35(41)31(45-36(39)37-24)23-26-15-9-10-18-28(26)43-21-22-44-30-20-12-11-19-29(30)42-2/h3-20,23,33H,21-22H2,1-2H3,(H,38,40)/b31-23-. The highest BCUT2D eigenvalue weighted by Gasteiger charge is 2.32. The number of anilines is 1. The Morgan fingerprint density at radius 1 is 0.844 bits per heavy atom. The fourth-order valence-corrected chi connectivity index (χ4v) is 6.23. The summed E-state index contributed by atoms with van der Waals surface area (Å²) < 4.78 is 19.4. The van der Waals surface area contributed by atoms with Crippen molar-refractivity contribution in [2.45, 2.75) is 13.0 Å². The van der Waals surface area contributed by atoms with Crippen LogP contribution in [-0.4, -0.2) is 30.8 Å². The fraction of sp³-hybridized carbons (Fsp3) is 0.139. The minimum atomic E-state index is -0.646. The number of methoxy groups -OCH3 is 1. The van der Waals surface area contributed by atoms with Gasteiger partial charge in [-0.2, -0.15) is 0 Å². The Balaban J connectivity index is 1.31. The third-order valence-corrected chi connectivity index (χ3v) is 8.27. The number of rotatable bonds is 10. The number of para-hydroxylation sites is 4. The summed E-state index contributed by atoms with van der Waals surface area (Å²) in [5.41, 5.74) is 2.97. The van der Waals surface area contributed by atoms with E-state index < -0.39 is 6.04 Å². The zero-order chi connectivity index (χ0) is 31.2. The number of hydrogen-bond donors (Lipinski definition) is 1. The van der Waals surface area contributed by atoms with Crippen molar-refractivity contribution in [3.63, 3.8) is 0 Å². The van der Waals surface area contributed by atoms with Gasteiger partial charge >= 0.3 is 0 Å². The molecule has 1 N–H and O–H groups in total. The summed E-state index contributed by atoms with van der Waals surface area (Å²) in [6.45, 7) is 2.40. The third-order valence-electron chi connectivity index (χ3n) is 7.29. The Morgan fingerprint density at radius 2 is 1.44 bits per heavy atom. The number of carbonyl (C=O) groups excluding carboxylic acids is 1. The first-order valence-corrected chi connectivity index (χ1v) is 15.3. The van der Waals surface area contributed by atoms with Gasteiger partial charge in [-0.05, 0) is 48.9 Å². The van der Waals surface area contributed by atoms with Gasteiger partial charge in [0.15, 0.2) is 16.3 Å². The van der Waals surface area contributed by atoms with E-state index in [9.17, 15) is 9.59 Å². The van der Waals surface area contributed by atoms with E-state index in [1.54, 1.807) is 11.7 Å². The fourth-order valence-electron chi connectivity index (χ4n) is 5.20. The molecule has 6 rings (SSSR count). The Hall–Kier alpha value is -5.41. The van der Waals surface area contributed by atoms with Gasteiger partial charge < -0.3 is 19.5 Å². The number of nitrogens with one attached hydrogen (secondary N) is 1. The Labute approximate surface area is 264 Å². The van der Waals surface area contributed by atoms with Crippen LogP contribution in [0.3, 0.4) is 0 Å². The molecule has 1 aliphatic heterocycles. The van der Waals surface area contributed by atoms with Crippen LogP contribution >= 0.6 is 11.3 Å². The molecule has 0 spiro atoms. The lowest BCUT2D eigenvalue weighted by Gasteiger charge is -2.25. The summed E-state index contributed by atoms with van der Waals surface area (Å²) in [6, 6.07) is 33.1. The molecule has 45 heavy (non-hydrogen) atoms. The molecule has 5 aromatic rings. The van der Waals surface area contributed by atoms with Crippen molar-refractivity contribution < 1.29 is 19.0 Å². The van der Waals surface area contributed by atoms with Gasteiger partial charge in [0.2, 0.25) is 0 Å². The van der Waals surface area contributed by atoms with Crippen LogP contribution in [0.1, 0.15) is 24.1 Å². The number of benzene rings is 4. The van der Waals surface area contributed by atoms with Gasteiger partial charge in [0.25, 0.3) is 11.5 Å². The maximum atomic E-state index is 14.1. The predicted octanol–water partition coefficient (Wildman–Crippen LogP) is 5.34. The lowest BCUT2D eigenvalue weighted by Crippen LogP contribution is -2.40. The molecule has 8 nitrogen and oxygen atoms in total. The van der Waals surface area contributed by atoms with E-state index in [0.29, 0.717) is 50.1 Å². The number of allylic oxidation sites excluding steroid dienone is 1. The van der Waals surface area contributed by atoms with Crippen molar-refractivity contribution in [2.75, 3.05) is 25.6 Å². The number of thiazole rings is 1. The molecule has 1 aromatic heterocycles. The lowest BCUT2D eigenvalue weighted by molar-refractivity contribution is -0.113. The molecule has 9 heteroatoms. The average Bonchev–Trinajstić information content (AvgIpc) is 3.37. The number of amides is 1. The topological polar surface area (TPSA) is 91.2 Å². The van der Waals surface area contributed by atoms with Crippen LogP contribution in [0.25, 0.3) is 6.08 Å². The van der Waals surface area contributed by atoms with Crippen molar-refractivity contribution in [3.8, 4) is 17.2 Å². The summed E-state index contributed by atoms with van der Waals surface area (Å²) in [7, 11) is 1.60. The van der Waals surface area contributed by atoms with E-state index in [2.05, 4.69) is 5.32 Å². The van der Waals surface area contributed by atoms with Gasteiger partial charge in [-0.25, -0.2) is 4.99 Å². The third kappa shape index (κ3) is 6.44. The molecule has 2 heterocycles.